The van der Waals surface area contributed by atoms with Gasteiger partial charge in [0.05, 0.1) is 0 Å². The maximum absolute atomic E-state index is 12.4. The van der Waals surface area contributed by atoms with Crippen LogP contribution in [0.25, 0.3) is 0 Å². The molecule has 0 heterocycles. The second-order valence-electron chi connectivity index (χ2n) is 5.48. The second kappa shape index (κ2) is 8.36. The molecule has 0 saturated carbocycles. The molecule has 0 aliphatic carbocycles. The Balaban J connectivity index is 1.70. The quantitative estimate of drug-likeness (QED) is 0.566. The van der Waals surface area contributed by atoms with E-state index in [1.54, 1.807) is 18.2 Å². The Morgan fingerprint density at radius 3 is 2.04 bits per heavy atom. The van der Waals surface area contributed by atoms with E-state index in [0.29, 0.717) is 22.9 Å². The fraction of sp³-hybridized carbons (Fsp3) is 0.0952. The molecule has 3 rings (SSSR count). The van der Waals surface area contributed by atoms with Crippen LogP contribution in [-0.2, 0) is 18.0 Å². The van der Waals surface area contributed by atoms with Gasteiger partial charge in [-0.2, -0.15) is 0 Å². The predicted octanol–water partition coefficient (Wildman–Crippen LogP) is 5.28. The van der Waals surface area contributed by atoms with Crippen LogP contribution >= 0.6 is 11.6 Å². The number of carbonyl (C=O) groups excluding carboxylic acids is 1. The van der Waals surface area contributed by atoms with Gasteiger partial charge in [-0.25, -0.2) is 4.79 Å². The van der Waals surface area contributed by atoms with Crippen LogP contribution in [0.3, 0.4) is 0 Å². The molecule has 126 valence electrons. The van der Waals surface area contributed by atoms with Gasteiger partial charge < -0.3 is 9.47 Å². The summed E-state index contributed by atoms with van der Waals surface area (Å²) in [5.41, 5.74) is 2.25. The number of ether oxygens (including phenoxy) is 2. The predicted molar refractivity (Wildman–Crippen MR) is 97.8 cm³/mol. The minimum absolute atomic E-state index is 0.199. The van der Waals surface area contributed by atoms with Gasteiger partial charge in [0.15, 0.2) is 0 Å². The highest BCUT2D eigenvalue weighted by Crippen LogP contribution is 2.25. The lowest BCUT2D eigenvalue weighted by Gasteiger charge is -2.12. The van der Waals surface area contributed by atoms with Crippen LogP contribution in [0.15, 0.2) is 78.9 Å². The van der Waals surface area contributed by atoms with Crippen molar-refractivity contribution in [2.24, 2.45) is 0 Å². The smallest absolute Gasteiger partial charge is 0.342 e. The Morgan fingerprint density at radius 1 is 0.800 bits per heavy atom. The SMILES string of the molecule is O=C(OCc1ccccc1)c1cc(Cl)ccc1OCc1ccccc1. The largest absolute Gasteiger partial charge is 0.488 e. The third kappa shape index (κ3) is 4.85. The monoisotopic (exact) mass is 352 g/mol. The number of esters is 1. The van der Waals surface area contributed by atoms with Gasteiger partial charge in [-0.15, -0.1) is 0 Å². The first-order valence-corrected chi connectivity index (χ1v) is 8.27. The molecule has 3 aromatic carbocycles. The minimum Gasteiger partial charge on any atom is -0.488 e. The van der Waals surface area contributed by atoms with E-state index in [1.165, 1.54) is 0 Å². The Kier molecular flexibility index (Phi) is 5.70. The standard InChI is InChI=1S/C21H17ClO3/c22-18-11-12-20(24-14-16-7-3-1-4-8-16)19(13-18)21(23)25-15-17-9-5-2-6-10-17/h1-13H,14-15H2. The summed E-state index contributed by atoms with van der Waals surface area (Å²) >= 11 is 6.03. The molecule has 0 aliphatic heterocycles. The van der Waals surface area contributed by atoms with E-state index in [9.17, 15) is 4.79 Å². The van der Waals surface area contributed by atoms with Crippen molar-refractivity contribution in [2.75, 3.05) is 0 Å². The maximum atomic E-state index is 12.4. The minimum atomic E-state index is -0.464. The van der Waals surface area contributed by atoms with E-state index in [2.05, 4.69) is 0 Å². The molecule has 4 heteroatoms. The molecule has 0 fully saturated rings. The van der Waals surface area contributed by atoms with Crippen molar-refractivity contribution in [1.82, 2.24) is 0 Å². The summed E-state index contributed by atoms with van der Waals surface area (Å²) in [4.78, 5) is 12.4. The normalized spacial score (nSPS) is 10.3. The van der Waals surface area contributed by atoms with E-state index in [-0.39, 0.29) is 6.61 Å². The molecule has 0 radical (unpaired) electrons. The van der Waals surface area contributed by atoms with Crippen LogP contribution in [0.5, 0.6) is 5.75 Å². The van der Waals surface area contributed by atoms with Crippen molar-refractivity contribution in [3.8, 4) is 5.75 Å². The van der Waals surface area contributed by atoms with E-state index in [4.69, 9.17) is 21.1 Å². The topological polar surface area (TPSA) is 35.5 Å². The van der Waals surface area contributed by atoms with Gasteiger partial charge in [-0.1, -0.05) is 72.3 Å². The molecular weight excluding hydrogens is 336 g/mol. The van der Waals surface area contributed by atoms with Crippen molar-refractivity contribution in [3.63, 3.8) is 0 Å². The summed E-state index contributed by atoms with van der Waals surface area (Å²) in [6.45, 7) is 0.561. The zero-order chi connectivity index (χ0) is 17.5. The lowest BCUT2D eigenvalue weighted by Crippen LogP contribution is -2.08. The Labute approximate surface area is 151 Å². The maximum Gasteiger partial charge on any atom is 0.342 e. The molecule has 0 aliphatic rings. The molecule has 3 aromatic rings. The second-order valence-corrected chi connectivity index (χ2v) is 5.91. The average Bonchev–Trinajstić information content (AvgIpc) is 2.66. The molecular formula is C21H17ClO3. The zero-order valence-corrected chi connectivity index (χ0v) is 14.3. The number of rotatable bonds is 6. The summed E-state index contributed by atoms with van der Waals surface area (Å²) < 4.78 is 11.2. The summed E-state index contributed by atoms with van der Waals surface area (Å²) in [5, 5.41) is 0.457. The van der Waals surface area contributed by atoms with Crippen LogP contribution in [0, 0.1) is 0 Å². The Hall–Kier alpha value is -2.78. The highest BCUT2D eigenvalue weighted by Gasteiger charge is 2.15. The van der Waals surface area contributed by atoms with Gasteiger partial charge in [0.1, 0.15) is 24.5 Å². The number of carbonyl (C=O) groups is 1. The first-order chi connectivity index (χ1) is 12.2. The number of hydrogen-bond donors (Lipinski definition) is 0. The molecule has 0 unspecified atom stereocenters. The summed E-state index contributed by atoms with van der Waals surface area (Å²) in [6, 6.07) is 24.2. The van der Waals surface area contributed by atoms with E-state index < -0.39 is 5.97 Å². The van der Waals surface area contributed by atoms with Crippen molar-refractivity contribution >= 4 is 17.6 Å². The van der Waals surface area contributed by atoms with E-state index in [0.717, 1.165) is 11.1 Å². The first-order valence-electron chi connectivity index (χ1n) is 7.90. The molecule has 0 saturated heterocycles. The first kappa shape index (κ1) is 17.1. The highest BCUT2D eigenvalue weighted by molar-refractivity contribution is 6.31. The van der Waals surface area contributed by atoms with Gasteiger partial charge in [0.25, 0.3) is 0 Å². The molecule has 0 amide bonds. The molecule has 0 bridgehead atoms. The van der Waals surface area contributed by atoms with Crippen molar-refractivity contribution in [3.05, 3.63) is 101 Å². The third-order valence-corrected chi connectivity index (χ3v) is 3.85. The molecule has 3 nitrogen and oxygen atoms in total. The molecule has 0 spiro atoms. The van der Waals surface area contributed by atoms with Gasteiger partial charge in [0, 0.05) is 5.02 Å². The van der Waals surface area contributed by atoms with Crippen LogP contribution in [-0.4, -0.2) is 5.97 Å². The summed E-state index contributed by atoms with van der Waals surface area (Å²) in [7, 11) is 0. The van der Waals surface area contributed by atoms with E-state index >= 15 is 0 Å². The van der Waals surface area contributed by atoms with E-state index in [1.807, 2.05) is 60.7 Å². The van der Waals surface area contributed by atoms with Gasteiger partial charge in [-0.05, 0) is 29.3 Å². The van der Waals surface area contributed by atoms with Gasteiger partial charge in [-0.3, -0.25) is 0 Å². The van der Waals surface area contributed by atoms with Crippen LogP contribution in [0.1, 0.15) is 21.5 Å². The van der Waals surface area contributed by atoms with Gasteiger partial charge >= 0.3 is 5.97 Å². The fourth-order valence-electron chi connectivity index (χ4n) is 2.32. The lowest BCUT2D eigenvalue weighted by molar-refractivity contribution is 0.0467. The molecule has 0 atom stereocenters. The Bertz CT molecular complexity index is 832. The van der Waals surface area contributed by atoms with Gasteiger partial charge in [0.2, 0.25) is 0 Å². The van der Waals surface area contributed by atoms with Crippen LogP contribution < -0.4 is 4.74 Å². The van der Waals surface area contributed by atoms with Crippen molar-refractivity contribution in [2.45, 2.75) is 13.2 Å². The summed E-state index contributed by atoms with van der Waals surface area (Å²) in [6.07, 6.45) is 0. The third-order valence-electron chi connectivity index (χ3n) is 3.61. The lowest BCUT2D eigenvalue weighted by atomic mass is 10.2. The van der Waals surface area contributed by atoms with Crippen LogP contribution in [0.2, 0.25) is 5.02 Å². The van der Waals surface area contributed by atoms with Crippen molar-refractivity contribution in [1.29, 1.82) is 0 Å². The molecule has 25 heavy (non-hydrogen) atoms. The average molecular weight is 353 g/mol. The number of halogens is 1. The highest BCUT2D eigenvalue weighted by atomic mass is 35.5. The number of benzene rings is 3. The Morgan fingerprint density at radius 2 is 1.40 bits per heavy atom. The fourth-order valence-corrected chi connectivity index (χ4v) is 2.50. The van der Waals surface area contributed by atoms with Crippen LogP contribution in [0.4, 0.5) is 0 Å². The zero-order valence-electron chi connectivity index (χ0n) is 13.5. The summed E-state index contributed by atoms with van der Waals surface area (Å²) in [5.74, 6) is -0.0132. The molecule has 0 aromatic heterocycles. The molecule has 0 N–H and O–H groups in total. The number of hydrogen-bond acceptors (Lipinski definition) is 3. The van der Waals surface area contributed by atoms with Crippen molar-refractivity contribution < 1.29 is 14.3 Å².